The van der Waals surface area contributed by atoms with E-state index in [0.29, 0.717) is 71.5 Å². The lowest BCUT2D eigenvalue weighted by atomic mass is 10.1. The largest absolute Gasteiger partial charge is 0.494 e. The molecule has 0 bridgehead atoms. The number of benzene rings is 2. The lowest BCUT2D eigenvalue weighted by Crippen LogP contribution is -2.20. The van der Waals surface area contributed by atoms with Gasteiger partial charge in [0.2, 0.25) is 11.9 Å². The Balaban J connectivity index is 0.00000248. The van der Waals surface area contributed by atoms with Crippen LogP contribution >= 0.6 is 0 Å². The van der Waals surface area contributed by atoms with Crippen LogP contribution in [0.15, 0.2) is 36.4 Å². The van der Waals surface area contributed by atoms with Crippen LogP contribution in [-0.4, -0.2) is 57.9 Å². The molecule has 0 saturated carbocycles. The van der Waals surface area contributed by atoms with Gasteiger partial charge in [-0.3, -0.25) is 19.6 Å². The second-order valence-corrected chi connectivity index (χ2v) is 9.36. The number of nitrogens with zero attached hydrogens (tertiary/aromatic N) is 4. The summed E-state index contributed by atoms with van der Waals surface area (Å²) in [4.78, 5) is 41.4. The zero-order valence-electron chi connectivity index (χ0n) is 25.5. The number of nitrogens with one attached hydrogen (secondary N) is 2. The van der Waals surface area contributed by atoms with E-state index in [0.717, 1.165) is 17.6 Å². The van der Waals surface area contributed by atoms with Gasteiger partial charge in [-0.1, -0.05) is 13.8 Å². The molecule has 13 nitrogen and oxygen atoms in total. The van der Waals surface area contributed by atoms with Crippen LogP contribution in [0.1, 0.15) is 70.5 Å². The number of nitrogen functional groups attached to an aromatic ring is 1. The molecule has 230 valence electrons. The minimum atomic E-state index is -0.560. The summed E-state index contributed by atoms with van der Waals surface area (Å²) in [7, 11) is 2.80. The highest BCUT2D eigenvalue weighted by atomic mass is 16.5. The molecular formula is C30H40N8O5. The fourth-order valence-corrected chi connectivity index (χ4v) is 4.57. The van der Waals surface area contributed by atoms with Crippen molar-refractivity contribution in [3.8, 4) is 5.75 Å². The van der Waals surface area contributed by atoms with E-state index in [1.807, 2.05) is 32.3 Å². The fraction of sp³-hybridized carbons (Fsp3) is 0.367. The summed E-state index contributed by atoms with van der Waals surface area (Å²) in [6.45, 7) is 9.38. The number of nitrogens with two attached hydrogens (primary N) is 2. The van der Waals surface area contributed by atoms with Crippen LogP contribution in [0.2, 0.25) is 0 Å². The van der Waals surface area contributed by atoms with Crippen molar-refractivity contribution in [3.05, 3.63) is 58.9 Å². The fourth-order valence-electron chi connectivity index (χ4n) is 4.57. The van der Waals surface area contributed by atoms with E-state index in [9.17, 15) is 14.4 Å². The number of fused-ring (bicyclic) bond motifs is 1. The third kappa shape index (κ3) is 7.42. The first-order chi connectivity index (χ1) is 20.7. The third-order valence-corrected chi connectivity index (χ3v) is 6.58. The monoisotopic (exact) mass is 592 g/mol. The molecule has 0 spiro atoms. The number of hydrogen-bond donors (Lipinski definition) is 4. The summed E-state index contributed by atoms with van der Waals surface area (Å²) in [6.07, 6.45) is 1.45. The van der Waals surface area contributed by atoms with E-state index in [1.54, 1.807) is 35.0 Å². The maximum absolute atomic E-state index is 13.2. The Bertz CT molecular complexity index is 1610. The zero-order chi connectivity index (χ0) is 31.7. The van der Waals surface area contributed by atoms with Crippen LogP contribution in [0, 0.1) is 6.92 Å². The molecule has 0 radical (unpaired) electrons. The highest BCUT2D eigenvalue weighted by molar-refractivity contribution is 6.03. The number of methoxy groups -OCH3 is 2. The number of aromatic nitrogens is 4. The molecule has 0 atom stereocenters. The number of primary amides is 1. The Labute approximate surface area is 250 Å². The lowest BCUT2D eigenvalue weighted by Gasteiger charge is -2.15. The Morgan fingerprint density at radius 2 is 1.77 bits per heavy atom. The number of hydrogen-bond acceptors (Lipinski definition) is 9. The first kappa shape index (κ1) is 32.4. The van der Waals surface area contributed by atoms with Gasteiger partial charge in [0.05, 0.1) is 42.2 Å². The van der Waals surface area contributed by atoms with Gasteiger partial charge in [-0.05, 0) is 63.1 Å². The number of unbranched alkanes of at least 4 members (excludes halogenated alkanes) is 1. The average Bonchev–Trinajstić information content (AvgIpc) is 3.56. The van der Waals surface area contributed by atoms with Crippen molar-refractivity contribution < 1.29 is 23.9 Å². The number of carbonyl (C=O) groups excluding carboxylic acids is 3. The quantitative estimate of drug-likeness (QED) is 0.106. The van der Waals surface area contributed by atoms with Crippen molar-refractivity contribution in [3.63, 3.8) is 0 Å². The first-order valence-corrected chi connectivity index (χ1v) is 14.1. The maximum Gasteiger partial charge on any atom is 0.338 e. The van der Waals surface area contributed by atoms with Crippen molar-refractivity contribution in [1.82, 2.24) is 19.3 Å². The molecule has 0 aliphatic heterocycles. The molecule has 2 amide bonds. The maximum atomic E-state index is 13.2. The molecule has 0 unspecified atom stereocenters. The summed E-state index contributed by atoms with van der Waals surface area (Å²) < 4.78 is 13.7. The molecule has 6 N–H and O–H groups in total. The molecule has 2 aromatic carbocycles. The van der Waals surface area contributed by atoms with Crippen molar-refractivity contribution in [1.29, 1.82) is 0 Å². The summed E-state index contributed by atoms with van der Waals surface area (Å²) in [6, 6.07) is 9.85. The summed E-state index contributed by atoms with van der Waals surface area (Å²) >= 11 is 0. The van der Waals surface area contributed by atoms with Crippen molar-refractivity contribution in [2.24, 2.45) is 5.73 Å². The van der Waals surface area contributed by atoms with Crippen molar-refractivity contribution in [2.75, 3.05) is 37.1 Å². The third-order valence-electron chi connectivity index (χ3n) is 6.58. The van der Waals surface area contributed by atoms with Crippen LogP contribution in [0.25, 0.3) is 11.0 Å². The minimum absolute atomic E-state index is 0.297. The molecule has 2 aromatic heterocycles. The number of anilines is 3. The van der Waals surface area contributed by atoms with Gasteiger partial charge in [-0.15, -0.1) is 0 Å². The van der Waals surface area contributed by atoms with Gasteiger partial charge in [0.1, 0.15) is 17.1 Å². The van der Waals surface area contributed by atoms with Crippen LogP contribution in [0.5, 0.6) is 5.75 Å². The summed E-state index contributed by atoms with van der Waals surface area (Å²) in [5.41, 5.74) is 15.7. The van der Waals surface area contributed by atoms with Crippen LogP contribution in [0.3, 0.4) is 0 Å². The van der Waals surface area contributed by atoms with E-state index in [2.05, 4.69) is 20.7 Å². The van der Waals surface area contributed by atoms with Gasteiger partial charge < -0.3 is 30.8 Å². The zero-order valence-corrected chi connectivity index (χ0v) is 25.5. The van der Waals surface area contributed by atoms with Crippen molar-refractivity contribution in [2.45, 2.75) is 53.6 Å². The van der Waals surface area contributed by atoms with Gasteiger partial charge in [-0.25, -0.2) is 9.78 Å². The standard InChI is InChI=1S/C28H34N8O5.C2H6/c1-5-36-22(12-16(2)34-36)26(38)33-28-32-20-14-17(25(30)37)8-9-21(20)35(28)11-7-6-10-31-24-19(29)13-18(27(39)41-4)15-23(24)40-3;1-2/h8-9,12-15,31H,5-7,10-11,29H2,1-4H3,(H2,30,37)(H,32,33,38);1-2H3. The highest BCUT2D eigenvalue weighted by Crippen LogP contribution is 2.33. The Kier molecular flexibility index (Phi) is 11.1. The Morgan fingerprint density at radius 3 is 2.42 bits per heavy atom. The normalized spacial score (nSPS) is 10.6. The number of aryl methyl sites for hydroxylation is 3. The van der Waals surface area contributed by atoms with E-state index in [1.165, 1.54) is 20.3 Å². The number of carbonyl (C=O) groups is 3. The van der Waals surface area contributed by atoms with Gasteiger partial charge in [0.25, 0.3) is 5.91 Å². The summed E-state index contributed by atoms with van der Waals surface area (Å²) in [5, 5.41) is 10.5. The topological polar surface area (TPSA) is 181 Å². The van der Waals surface area contributed by atoms with Crippen molar-refractivity contribution >= 4 is 46.1 Å². The molecule has 13 heteroatoms. The molecular weight excluding hydrogens is 552 g/mol. The second-order valence-electron chi connectivity index (χ2n) is 9.36. The molecule has 2 heterocycles. The summed E-state index contributed by atoms with van der Waals surface area (Å²) in [5.74, 6) is -0.615. The Morgan fingerprint density at radius 1 is 1.02 bits per heavy atom. The van der Waals surface area contributed by atoms with E-state index < -0.39 is 11.9 Å². The van der Waals surface area contributed by atoms with E-state index in [4.69, 9.17) is 20.9 Å². The number of esters is 1. The Hall–Kier alpha value is -5.07. The molecule has 4 rings (SSSR count). The number of imidazole rings is 1. The van der Waals surface area contributed by atoms with Crippen LogP contribution in [-0.2, 0) is 17.8 Å². The highest BCUT2D eigenvalue weighted by Gasteiger charge is 2.19. The smallest absolute Gasteiger partial charge is 0.338 e. The number of amides is 2. The van der Waals surface area contributed by atoms with Crippen LogP contribution in [0.4, 0.5) is 17.3 Å². The first-order valence-electron chi connectivity index (χ1n) is 14.1. The van der Waals surface area contributed by atoms with E-state index in [-0.39, 0.29) is 5.91 Å². The SMILES string of the molecule is CC.CCn1nc(C)cc1C(=O)Nc1nc2cc(C(N)=O)ccc2n1CCCCNc1c(N)cc(C(=O)OC)cc1OC. The van der Waals surface area contributed by atoms with Gasteiger partial charge in [0, 0.05) is 25.2 Å². The van der Waals surface area contributed by atoms with Crippen LogP contribution < -0.4 is 26.8 Å². The molecule has 0 aliphatic rings. The predicted octanol–water partition coefficient (Wildman–Crippen LogP) is 4.21. The van der Waals surface area contributed by atoms with Gasteiger partial charge in [0.15, 0.2) is 0 Å². The lowest BCUT2D eigenvalue weighted by molar-refractivity contribution is 0.0600. The number of ether oxygens (including phenoxy) is 2. The van der Waals surface area contributed by atoms with Gasteiger partial charge >= 0.3 is 5.97 Å². The second kappa shape index (κ2) is 14.7. The molecule has 43 heavy (non-hydrogen) atoms. The van der Waals surface area contributed by atoms with Gasteiger partial charge in [-0.2, -0.15) is 5.10 Å². The molecule has 0 fully saturated rings. The minimum Gasteiger partial charge on any atom is -0.494 e. The predicted molar refractivity (Wildman–Crippen MR) is 167 cm³/mol. The number of rotatable bonds is 12. The molecule has 4 aromatic rings. The molecule has 0 aliphatic carbocycles. The average molecular weight is 593 g/mol. The molecule has 0 saturated heterocycles. The van der Waals surface area contributed by atoms with E-state index >= 15 is 0 Å².